The smallest absolute Gasteiger partial charge is 0.246 e. The summed E-state index contributed by atoms with van der Waals surface area (Å²) < 4.78 is 8.88. The van der Waals surface area contributed by atoms with Gasteiger partial charge in [0.1, 0.15) is 6.04 Å². The number of aromatic nitrogens is 1. The average molecular weight is 723 g/mol. The van der Waals surface area contributed by atoms with Crippen LogP contribution in [0.2, 0.25) is 0 Å². The van der Waals surface area contributed by atoms with Crippen molar-refractivity contribution in [3.63, 3.8) is 0 Å². The van der Waals surface area contributed by atoms with Crippen LogP contribution in [0.1, 0.15) is 133 Å². The van der Waals surface area contributed by atoms with Crippen LogP contribution in [0.5, 0.6) is 0 Å². The van der Waals surface area contributed by atoms with Crippen molar-refractivity contribution in [2.24, 2.45) is 28.6 Å². The molecule has 4 N–H and O–H groups in total. The summed E-state index contributed by atoms with van der Waals surface area (Å²) in [5.74, 6) is 0.0473. The minimum atomic E-state index is -0.863. The molecule has 2 fully saturated rings. The molecule has 1 amide bonds. The number of hydrogen-bond donors (Lipinski definition) is 4. The van der Waals surface area contributed by atoms with Gasteiger partial charge in [0.15, 0.2) is 5.78 Å². The van der Waals surface area contributed by atoms with E-state index in [2.05, 4.69) is 83.1 Å². The number of amides is 1. The molecule has 0 radical (unpaired) electrons. The molecule has 8 heteroatoms. The maximum atomic E-state index is 14.9. The van der Waals surface area contributed by atoms with Gasteiger partial charge in [0, 0.05) is 45.5 Å². The summed E-state index contributed by atoms with van der Waals surface area (Å²) in [6.45, 7) is 23.5. The Kier molecular flexibility index (Phi) is 8.03. The Bertz CT molecular complexity index is 2080. The lowest BCUT2D eigenvalue weighted by molar-refractivity contribution is -0.144. The van der Waals surface area contributed by atoms with Gasteiger partial charge in [-0.15, -0.1) is 0 Å². The first-order valence-corrected chi connectivity index (χ1v) is 19.7. The van der Waals surface area contributed by atoms with E-state index in [-0.39, 0.29) is 47.5 Å². The molecule has 8 rings (SSSR count). The van der Waals surface area contributed by atoms with Crippen molar-refractivity contribution in [3.05, 3.63) is 76.0 Å². The highest BCUT2D eigenvalue weighted by Crippen LogP contribution is 2.71. The molecule has 0 saturated heterocycles. The van der Waals surface area contributed by atoms with E-state index < -0.39 is 34.9 Å². The van der Waals surface area contributed by atoms with Crippen LogP contribution < -0.4 is 5.32 Å². The molecular formula is C45H58N2O6. The Hall–Kier alpha value is -3.30. The molecule has 2 saturated carbocycles. The second-order valence-corrected chi connectivity index (χ2v) is 19.0. The van der Waals surface area contributed by atoms with E-state index in [0.717, 1.165) is 58.9 Å². The number of fused-ring (bicyclic) bond motifs is 11. The van der Waals surface area contributed by atoms with Crippen molar-refractivity contribution in [3.8, 4) is 0 Å². The van der Waals surface area contributed by atoms with Gasteiger partial charge in [-0.1, -0.05) is 51.2 Å². The molecule has 1 aromatic heterocycles. The number of nitrogens with one attached hydrogen (secondary N) is 1. The monoisotopic (exact) mass is 722 g/mol. The Labute approximate surface area is 314 Å². The van der Waals surface area contributed by atoms with Crippen molar-refractivity contribution in [1.29, 1.82) is 0 Å². The van der Waals surface area contributed by atoms with Gasteiger partial charge < -0.3 is 29.9 Å². The Morgan fingerprint density at radius 2 is 1.81 bits per heavy atom. The predicted octanol–water partition coefficient (Wildman–Crippen LogP) is 7.21. The number of nitrogens with zero attached hydrogens (tertiary/aromatic N) is 1. The zero-order valence-corrected chi connectivity index (χ0v) is 33.0. The molecule has 1 aromatic carbocycles. The van der Waals surface area contributed by atoms with Crippen LogP contribution in [-0.4, -0.2) is 62.0 Å². The van der Waals surface area contributed by atoms with Gasteiger partial charge in [-0.2, -0.15) is 0 Å². The molecule has 53 heavy (non-hydrogen) atoms. The summed E-state index contributed by atoms with van der Waals surface area (Å²) in [6, 6.07) is 1.75. The first kappa shape index (κ1) is 36.7. The van der Waals surface area contributed by atoms with E-state index in [1.54, 1.807) is 13.0 Å². The Balaban J connectivity index is 1.30. The summed E-state index contributed by atoms with van der Waals surface area (Å²) >= 11 is 0. The first-order valence-electron chi connectivity index (χ1n) is 19.7. The fourth-order valence-electron chi connectivity index (χ4n) is 12.9. The quantitative estimate of drug-likeness (QED) is 0.142. The van der Waals surface area contributed by atoms with Crippen molar-refractivity contribution in [1.82, 2.24) is 9.88 Å². The number of rotatable bonds is 6. The van der Waals surface area contributed by atoms with Gasteiger partial charge in [0.2, 0.25) is 5.91 Å². The number of Topliss-reactive ketones (excluding diaryl/α,β-unsaturated/α-hetero) is 1. The fourth-order valence-corrected chi connectivity index (χ4v) is 12.9. The van der Waals surface area contributed by atoms with Crippen LogP contribution in [0.15, 0.2) is 48.1 Å². The second kappa shape index (κ2) is 11.6. The molecule has 9 atom stereocenters. The maximum Gasteiger partial charge on any atom is 0.246 e. The van der Waals surface area contributed by atoms with Gasteiger partial charge in [-0.25, -0.2) is 0 Å². The second-order valence-electron chi connectivity index (χ2n) is 19.0. The van der Waals surface area contributed by atoms with Crippen molar-refractivity contribution in [2.75, 3.05) is 13.2 Å². The van der Waals surface area contributed by atoms with E-state index in [4.69, 9.17) is 9.84 Å². The predicted molar refractivity (Wildman–Crippen MR) is 208 cm³/mol. The van der Waals surface area contributed by atoms with Crippen molar-refractivity contribution in [2.45, 2.75) is 129 Å². The standard InChI is InChI=1S/C45H58N2O6/c1-23(2)35-38(51)33-32-26(29-22-41(4,5)53-42(6,7)34(29)37(32)50)21-27-28-20-25-13-14-30-43(8,16-11-12-24(3)40(52)46-18-19-48)31(49)15-17-44(30,9)45(25,10)39(28)47(35)36(27)33/h11-12,16,21-22,25,30-31,34-35,37,48-50H,1,13-15,17-20H2,2-10H3,(H,46,52)/b16-11+,24-12+. The molecule has 284 valence electrons. The number of benzene rings is 1. The molecule has 3 heterocycles. The number of allylic oxidation sites excluding steroid dienone is 3. The number of hydrogen-bond acceptors (Lipinski definition) is 6. The lowest BCUT2D eigenvalue weighted by atomic mass is 9.40. The fraction of sp³-hybridized carbons (Fsp3) is 0.600. The van der Waals surface area contributed by atoms with E-state index in [1.165, 1.54) is 11.3 Å². The number of ketones is 1. The highest BCUT2D eigenvalue weighted by molar-refractivity contribution is 6.18. The number of carbonyl (C=O) groups excluding carboxylic acids is 2. The Morgan fingerprint density at radius 1 is 1.09 bits per heavy atom. The zero-order chi connectivity index (χ0) is 38.4. The summed E-state index contributed by atoms with van der Waals surface area (Å²) in [5, 5.41) is 36.9. The third-order valence-corrected chi connectivity index (χ3v) is 15.2. The third kappa shape index (κ3) is 4.68. The molecule has 0 bridgehead atoms. The number of aliphatic hydroxyl groups is 3. The highest BCUT2D eigenvalue weighted by atomic mass is 16.5. The molecule has 2 aliphatic heterocycles. The van der Waals surface area contributed by atoms with Crippen LogP contribution in [0.25, 0.3) is 16.5 Å². The molecule has 4 aliphatic carbocycles. The minimum Gasteiger partial charge on any atom is -0.395 e. The van der Waals surface area contributed by atoms with Crippen LogP contribution in [0.4, 0.5) is 0 Å². The topological polar surface area (TPSA) is 121 Å². The van der Waals surface area contributed by atoms with Crippen molar-refractivity contribution < 1.29 is 29.6 Å². The van der Waals surface area contributed by atoms with E-state index in [1.807, 2.05) is 13.0 Å². The van der Waals surface area contributed by atoms with Crippen LogP contribution >= 0.6 is 0 Å². The van der Waals surface area contributed by atoms with E-state index in [0.29, 0.717) is 23.5 Å². The minimum absolute atomic E-state index is 0.0232. The number of ether oxygens (including phenoxy) is 1. The third-order valence-electron chi connectivity index (χ3n) is 15.2. The lowest BCUT2D eigenvalue weighted by Crippen LogP contribution is -2.62. The summed E-state index contributed by atoms with van der Waals surface area (Å²) in [6.07, 6.45) is 11.1. The molecule has 0 spiro atoms. The summed E-state index contributed by atoms with van der Waals surface area (Å²) in [7, 11) is 0. The first-order chi connectivity index (χ1) is 24.7. The Morgan fingerprint density at radius 3 is 2.49 bits per heavy atom. The van der Waals surface area contributed by atoms with Crippen LogP contribution in [-0.2, 0) is 21.4 Å². The molecule has 8 nitrogen and oxygen atoms in total. The zero-order valence-electron chi connectivity index (χ0n) is 33.0. The normalized spacial score (nSPS) is 37.6. The van der Waals surface area contributed by atoms with Gasteiger partial charge in [0.05, 0.1) is 41.1 Å². The number of aliphatic hydroxyl groups excluding tert-OH is 3. The molecule has 9 unspecified atom stereocenters. The van der Waals surface area contributed by atoms with E-state index >= 15 is 0 Å². The van der Waals surface area contributed by atoms with Gasteiger partial charge in [0.25, 0.3) is 0 Å². The van der Waals surface area contributed by atoms with Crippen LogP contribution in [0, 0.1) is 28.6 Å². The van der Waals surface area contributed by atoms with Gasteiger partial charge in [-0.05, 0) is 120 Å². The summed E-state index contributed by atoms with van der Waals surface area (Å²) in [5.41, 5.74) is 6.15. The van der Waals surface area contributed by atoms with Gasteiger partial charge in [-0.3, -0.25) is 9.59 Å². The molecule has 2 aromatic rings. The lowest BCUT2D eigenvalue weighted by Gasteiger charge is -2.64. The van der Waals surface area contributed by atoms with Gasteiger partial charge >= 0.3 is 0 Å². The van der Waals surface area contributed by atoms with E-state index in [9.17, 15) is 19.8 Å². The van der Waals surface area contributed by atoms with Crippen LogP contribution in [0.3, 0.4) is 0 Å². The molecular weight excluding hydrogens is 665 g/mol. The number of carbonyl (C=O) groups is 2. The van der Waals surface area contributed by atoms with Crippen molar-refractivity contribution >= 4 is 28.2 Å². The SMILES string of the molecule is C=C(C)C1C(=O)c2c3c(cc4c5c(n1c24)C1(C)C(CCC2C(C)(/C=C/C=C(\C)C(=O)NCCO)C(O)CCC21C)C5)C1=CC(C)(C)OC(C)(C)C1C3O. The maximum absolute atomic E-state index is 14.9. The highest BCUT2D eigenvalue weighted by Gasteiger charge is 2.67. The average Bonchev–Trinajstić information content (AvgIpc) is 3.74. The largest absolute Gasteiger partial charge is 0.395 e. The summed E-state index contributed by atoms with van der Waals surface area (Å²) in [4.78, 5) is 27.4. The molecule has 6 aliphatic rings.